The molecule has 1 saturated carbocycles. The Bertz CT molecular complexity index is 542. The van der Waals surface area contributed by atoms with Gasteiger partial charge in [0.15, 0.2) is 23.3 Å². The molecule has 3 N–H and O–H groups in total. The third-order valence-electron chi connectivity index (χ3n) is 3.39. The topological polar surface area (TPSA) is 55.1 Å². The zero-order chi connectivity index (χ0) is 15.1. The molecule has 1 fully saturated rings. The first-order valence-electron chi connectivity index (χ1n) is 5.85. The van der Waals surface area contributed by atoms with Gasteiger partial charge in [-0.2, -0.15) is 0 Å². The summed E-state index contributed by atoms with van der Waals surface area (Å²) in [5, 5.41) is 2.10. The van der Waals surface area contributed by atoms with E-state index in [1.807, 2.05) is 0 Å². The van der Waals surface area contributed by atoms with Gasteiger partial charge in [0.2, 0.25) is 5.82 Å². The SMILES string of the molecule is NC1(CNC(=O)c2c(F)c(F)c(F)c(F)c2F)CCC1. The van der Waals surface area contributed by atoms with Gasteiger partial charge in [-0.25, -0.2) is 22.0 Å². The van der Waals surface area contributed by atoms with Crippen molar-refractivity contribution in [2.45, 2.75) is 24.8 Å². The molecule has 0 radical (unpaired) electrons. The van der Waals surface area contributed by atoms with E-state index >= 15 is 0 Å². The van der Waals surface area contributed by atoms with Crippen LogP contribution in [0.5, 0.6) is 0 Å². The van der Waals surface area contributed by atoms with Gasteiger partial charge in [0.05, 0.1) is 0 Å². The fraction of sp³-hybridized carbons (Fsp3) is 0.417. The summed E-state index contributed by atoms with van der Waals surface area (Å²) in [6, 6.07) is 0. The Morgan fingerprint density at radius 3 is 1.85 bits per heavy atom. The highest BCUT2D eigenvalue weighted by Crippen LogP contribution is 2.28. The van der Waals surface area contributed by atoms with Crippen LogP contribution in [0.2, 0.25) is 0 Å². The van der Waals surface area contributed by atoms with Gasteiger partial charge in [0.1, 0.15) is 5.56 Å². The van der Waals surface area contributed by atoms with Crippen LogP contribution >= 0.6 is 0 Å². The second-order valence-electron chi connectivity index (χ2n) is 4.84. The van der Waals surface area contributed by atoms with E-state index in [4.69, 9.17) is 5.73 Å². The van der Waals surface area contributed by atoms with Gasteiger partial charge in [-0.05, 0) is 19.3 Å². The van der Waals surface area contributed by atoms with E-state index in [0.717, 1.165) is 6.42 Å². The molecule has 0 bridgehead atoms. The molecule has 110 valence electrons. The predicted octanol–water partition coefficient (Wildman–Crippen LogP) is 1.99. The minimum absolute atomic E-state index is 0.0919. The Balaban J connectivity index is 2.26. The molecule has 1 aliphatic rings. The number of benzene rings is 1. The monoisotopic (exact) mass is 294 g/mol. The normalized spacial score (nSPS) is 16.7. The molecule has 1 aromatic carbocycles. The summed E-state index contributed by atoms with van der Waals surface area (Å²) in [6.45, 7) is -0.0919. The smallest absolute Gasteiger partial charge is 0.257 e. The van der Waals surface area contributed by atoms with Crippen LogP contribution in [0.25, 0.3) is 0 Å². The summed E-state index contributed by atoms with van der Waals surface area (Å²) in [4.78, 5) is 11.6. The Labute approximate surface area is 110 Å². The lowest BCUT2D eigenvalue weighted by Gasteiger charge is -2.38. The summed E-state index contributed by atoms with van der Waals surface area (Å²) in [5.74, 6) is -12.3. The highest BCUT2D eigenvalue weighted by Gasteiger charge is 2.34. The van der Waals surface area contributed by atoms with Crippen molar-refractivity contribution < 1.29 is 26.7 Å². The minimum Gasteiger partial charge on any atom is -0.350 e. The van der Waals surface area contributed by atoms with E-state index in [-0.39, 0.29) is 6.54 Å². The lowest BCUT2D eigenvalue weighted by atomic mass is 9.78. The number of nitrogens with two attached hydrogens (primary N) is 1. The van der Waals surface area contributed by atoms with Crippen LogP contribution in [0.3, 0.4) is 0 Å². The van der Waals surface area contributed by atoms with Crippen molar-refractivity contribution in [3.05, 3.63) is 34.6 Å². The van der Waals surface area contributed by atoms with Crippen molar-refractivity contribution in [1.82, 2.24) is 5.32 Å². The van der Waals surface area contributed by atoms with Crippen molar-refractivity contribution in [2.24, 2.45) is 5.73 Å². The van der Waals surface area contributed by atoms with E-state index in [0.29, 0.717) is 12.8 Å². The van der Waals surface area contributed by atoms with Crippen molar-refractivity contribution in [3.63, 3.8) is 0 Å². The number of hydrogen-bond donors (Lipinski definition) is 2. The molecule has 20 heavy (non-hydrogen) atoms. The van der Waals surface area contributed by atoms with Crippen LogP contribution in [0.15, 0.2) is 0 Å². The van der Waals surface area contributed by atoms with E-state index in [2.05, 4.69) is 5.32 Å². The molecule has 0 aliphatic heterocycles. The molecule has 0 spiro atoms. The fourth-order valence-electron chi connectivity index (χ4n) is 1.96. The first-order valence-corrected chi connectivity index (χ1v) is 5.85. The number of amides is 1. The first-order chi connectivity index (χ1) is 9.27. The minimum atomic E-state index is -2.30. The number of carbonyl (C=O) groups excluding carboxylic acids is 1. The third-order valence-corrected chi connectivity index (χ3v) is 3.39. The number of halogens is 5. The molecular weight excluding hydrogens is 283 g/mol. The van der Waals surface area contributed by atoms with Gasteiger partial charge in [-0.3, -0.25) is 4.79 Å². The second-order valence-corrected chi connectivity index (χ2v) is 4.84. The fourth-order valence-corrected chi connectivity index (χ4v) is 1.96. The lowest BCUT2D eigenvalue weighted by Crippen LogP contribution is -2.55. The first kappa shape index (κ1) is 14.7. The van der Waals surface area contributed by atoms with Crippen molar-refractivity contribution in [2.75, 3.05) is 6.54 Å². The van der Waals surface area contributed by atoms with Crippen LogP contribution in [-0.4, -0.2) is 18.0 Å². The number of carbonyl (C=O) groups is 1. The van der Waals surface area contributed by atoms with Crippen LogP contribution in [0, 0.1) is 29.1 Å². The molecular formula is C12H11F5N2O. The number of rotatable bonds is 3. The van der Waals surface area contributed by atoms with Crippen molar-refractivity contribution in [1.29, 1.82) is 0 Å². The zero-order valence-electron chi connectivity index (χ0n) is 10.2. The number of hydrogen-bond acceptors (Lipinski definition) is 2. The predicted molar refractivity (Wildman–Crippen MR) is 59.3 cm³/mol. The van der Waals surface area contributed by atoms with Crippen LogP contribution < -0.4 is 11.1 Å². The van der Waals surface area contributed by atoms with Crippen molar-refractivity contribution >= 4 is 5.91 Å². The maximum absolute atomic E-state index is 13.4. The largest absolute Gasteiger partial charge is 0.350 e. The highest BCUT2D eigenvalue weighted by molar-refractivity contribution is 5.94. The summed E-state index contributed by atoms with van der Waals surface area (Å²) < 4.78 is 65.4. The summed E-state index contributed by atoms with van der Waals surface area (Å²) >= 11 is 0. The summed E-state index contributed by atoms with van der Waals surface area (Å²) in [7, 11) is 0. The van der Waals surface area contributed by atoms with Gasteiger partial charge >= 0.3 is 0 Å². The molecule has 0 aromatic heterocycles. The summed E-state index contributed by atoms with van der Waals surface area (Å²) in [6.07, 6.45) is 2.09. The number of nitrogens with one attached hydrogen (secondary N) is 1. The molecule has 8 heteroatoms. The Morgan fingerprint density at radius 1 is 1.00 bits per heavy atom. The Kier molecular flexibility index (Phi) is 3.68. The molecule has 1 aliphatic carbocycles. The van der Waals surface area contributed by atoms with Gasteiger partial charge in [-0.15, -0.1) is 0 Å². The highest BCUT2D eigenvalue weighted by atomic mass is 19.2. The molecule has 0 atom stereocenters. The molecule has 1 amide bonds. The van der Waals surface area contributed by atoms with Crippen LogP contribution in [0.4, 0.5) is 22.0 Å². The van der Waals surface area contributed by atoms with Gasteiger partial charge < -0.3 is 11.1 Å². The molecule has 0 saturated heterocycles. The molecule has 3 nitrogen and oxygen atoms in total. The molecule has 1 aromatic rings. The maximum atomic E-state index is 13.4. The molecule has 0 heterocycles. The maximum Gasteiger partial charge on any atom is 0.257 e. The molecule has 2 rings (SSSR count). The standard InChI is InChI=1S/C12H11F5N2O/c13-6-5(7(14)9(16)10(17)8(6)15)11(20)19-4-12(18)2-1-3-12/h1-4,18H2,(H,19,20). The van der Waals surface area contributed by atoms with E-state index < -0.39 is 46.1 Å². The van der Waals surface area contributed by atoms with Gasteiger partial charge in [0.25, 0.3) is 5.91 Å². The van der Waals surface area contributed by atoms with E-state index in [9.17, 15) is 26.7 Å². The van der Waals surface area contributed by atoms with Crippen LogP contribution in [0.1, 0.15) is 29.6 Å². The third kappa shape index (κ3) is 2.35. The lowest BCUT2D eigenvalue weighted by molar-refractivity contribution is 0.0918. The van der Waals surface area contributed by atoms with E-state index in [1.54, 1.807) is 0 Å². The van der Waals surface area contributed by atoms with Gasteiger partial charge in [-0.1, -0.05) is 0 Å². The molecule has 0 unspecified atom stereocenters. The second kappa shape index (κ2) is 5.01. The summed E-state index contributed by atoms with van der Waals surface area (Å²) in [5.41, 5.74) is 3.60. The van der Waals surface area contributed by atoms with E-state index in [1.165, 1.54) is 0 Å². The Hall–Kier alpha value is -1.70. The van der Waals surface area contributed by atoms with Gasteiger partial charge in [0, 0.05) is 12.1 Å². The average Bonchev–Trinajstić information content (AvgIpc) is 2.38. The van der Waals surface area contributed by atoms with Crippen molar-refractivity contribution in [3.8, 4) is 0 Å². The Morgan fingerprint density at radius 2 is 1.45 bits per heavy atom. The average molecular weight is 294 g/mol. The zero-order valence-corrected chi connectivity index (χ0v) is 10.2. The quantitative estimate of drug-likeness (QED) is 0.509. The van der Waals surface area contributed by atoms with Crippen LogP contribution in [-0.2, 0) is 0 Å².